The number of ketones is 1. The van der Waals surface area contributed by atoms with Crippen molar-refractivity contribution in [2.75, 3.05) is 5.75 Å². The second-order valence-electron chi connectivity index (χ2n) is 12.6. The number of urea groups is 1. The van der Waals surface area contributed by atoms with Gasteiger partial charge in [-0.3, -0.25) is 4.79 Å². The molecule has 262 valence electrons. The molecule has 0 aliphatic carbocycles. The number of carbonyl (C=O) groups excluding carboxylic acids is 2. The molecule has 0 spiro atoms. The zero-order valence-corrected chi connectivity index (χ0v) is 29.2. The molecule has 51 heavy (non-hydrogen) atoms. The number of ether oxygens (including phenoxy) is 2. The van der Waals surface area contributed by atoms with Crippen LogP contribution in [-0.4, -0.2) is 39.9 Å². The van der Waals surface area contributed by atoms with Crippen molar-refractivity contribution in [2.45, 2.75) is 61.8 Å². The van der Waals surface area contributed by atoms with Gasteiger partial charge < -0.3 is 30.3 Å². The summed E-state index contributed by atoms with van der Waals surface area (Å²) in [7, 11) is 0. The van der Waals surface area contributed by atoms with Gasteiger partial charge in [0.1, 0.15) is 5.75 Å². The lowest BCUT2D eigenvalue weighted by Crippen LogP contribution is -2.46. The van der Waals surface area contributed by atoms with Crippen molar-refractivity contribution in [3.63, 3.8) is 0 Å². The van der Waals surface area contributed by atoms with Gasteiger partial charge in [-0.25, -0.2) is 4.79 Å². The summed E-state index contributed by atoms with van der Waals surface area (Å²) in [4.78, 5) is 26.0. The number of Topliss-reactive ketones (excluding diaryl/α,β-unsaturated/α-hetero) is 1. The third kappa shape index (κ3) is 9.65. The van der Waals surface area contributed by atoms with E-state index in [0.29, 0.717) is 12.2 Å². The molecule has 5 unspecified atom stereocenters. The molecule has 6 rings (SSSR count). The smallest absolute Gasteiger partial charge is 0.315 e. The van der Waals surface area contributed by atoms with Gasteiger partial charge in [0.25, 0.3) is 0 Å². The van der Waals surface area contributed by atoms with Gasteiger partial charge in [-0.15, -0.1) is 11.8 Å². The van der Waals surface area contributed by atoms with Gasteiger partial charge >= 0.3 is 6.03 Å². The lowest BCUT2D eigenvalue weighted by atomic mass is 9.84. The Morgan fingerprint density at radius 2 is 1.35 bits per heavy atom. The number of rotatable bonds is 13. The number of amides is 2. The number of thioether (sulfide) groups is 1. The molecule has 5 aromatic rings. The highest BCUT2D eigenvalue weighted by atomic mass is 32.2. The molecule has 1 aliphatic heterocycles. The van der Waals surface area contributed by atoms with Crippen molar-refractivity contribution in [2.24, 2.45) is 0 Å². The normalized spacial score (nSPS) is 19.2. The lowest BCUT2D eigenvalue weighted by molar-refractivity contribution is -0.255. The maximum absolute atomic E-state index is 12.8. The predicted octanol–water partition coefficient (Wildman–Crippen LogP) is 7.62. The predicted molar refractivity (Wildman–Crippen MR) is 198 cm³/mol. The fourth-order valence-electron chi connectivity index (χ4n) is 6.20. The Bertz CT molecular complexity index is 1850. The first-order chi connectivity index (χ1) is 24.9. The van der Waals surface area contributed by atoms with E-state index in [0.717, 1.165) is 38.3 Å². The Hall–Kier alpha value is -4.93. The van der Waals surface area contributed by atoms with Crippen molar-refractivity contribution in [3.8, 4) is 5.75 Å². The highest BCUT2D eigenvalue weighted by Gasteiger charge is 2.41. The fourth-order valence-corrected chi connectivity index (χ4v) is 7.17. The molecule has 0 aromatic heterocycles. The van der Waals surface area contributed by atoms with Crippen LogP contribution in [0.3, 0.4) is 0 Å². The minimum absolute atomic E-state index is 0.0423. The molecular formula is C42H42N2O6S. The van der Waals surface area contributed by atoms with Gasteiger partial charge in [-0.05, 0) is 65.4 Å². The number of phenols is 1. The largest absolute Gasteiger partial charge is 0.508 e. The highest BCUT2D eigenvalue weighted by Crippen LogP contribution is 2.48. The number of phenolic OH excluding ortho intramolecular Hbond substituents is 1. The number of aliphatic hydroxyl groups is 1. The zero-order valence-electron chi connectivity index (χ0n) is 28.4. The van der Waals surface area contributed by atoms with Gasteiger partial charge in [-0.1, -0.05) is 109 Å². The van der Waals surface area contributed by atoms with Gasteiger partial charge in [0.15, 0.2) is 12.1 Å². The van der Waals surface area contributed by atoms with Crippen LogP contribution in [0.25, 0.3) is 0 Å². The molecule has 4 N–H and O–H groups in total. The third-order valence-electron chi connectivity index (χ3n) is 9.01. The van der Waals surface area contributed by atoms with Crippen molar-refractivity contribution < 1.29 is 29.3 Å². The number of hydrogen-bond acceptors (Lipinski definition) is 7. The Kier molecular flexibility index (Phi) is 12.2. The summed E-state index contributed by atoms with van der Waals surface area (Å²) in [6, 6.07) is 41.6. The van der Waals surface area contributed by atoms with Crippen LogP contribution in [0.5, 0.6) is 5.75 Å². The van der Waals surface area contributed by atoms with E-state index in [4.69, 9.17) is 9.47 Å². The van der Waals surface area contributed by atoms with E-state index in [1.54, 1.807) is 23.9 Å². The highest BCUT2D eigenvalue weighted by molar-refractivity contribution is 7.99. The molecule has 0 bridgehead atoms. The van der Waals surface area contributed by atoms with Crippen molar-refractivity contribution >= 4 is 23.6 Å². The summed E-state index contributed by atoms with van der Waals surface area (Å²) in [6.07, 6.45) is -0.842. The summed E-state index contributed by atoms with van der Waals surface area (Å²) in [5.74, 6) is 0.619. The molecule has 0 radical (unpaired) electrons. The number of aliphatic hydroxyl groups excluding tert-OH is 1. The van der Waals surface area contributed by atoms with Gasteiger partial charge in [0.2, 0.25) is 0 Å². The molecule has 5 aromatic carbocycles. The Morgan fingerprint density at radius 3 is 2.00 bits per heavy atom. The summed E-state index contributed by atoms with van der Waals surface area (Å²) >= 11 is 1.66. The van der Waals surface area contributed by atoms with Crippen molar-refractivity contribution in [3.05, 3.63) is 167 Å². The monoisotopic (exact) mass is 702 g/mol. The van der Waals surface area contributed by atoms with Crippen LogP contribution in [0.4, 0.5) is 4.79 Å². The average molecular weight is 703 g/mol. The summed E-state index contributed by atoms with van der Waals surface area (Å²) < 4.78 is 13.6. The van der Waals surface area contributed by atoms with E-state index < -0.39 is 18.4 Å². The quantitative estimate of drug-likeness (QED) is 0.0934. The maximum atomic E-state index is 12.8. The van der Waals surface area contributed by atoms with Crippen LogP contribution in [0.1, 0.15) is 58.6 Å². The zero-order chi connectivity index (χ0) is 35.6. The molecule has 1 aliphatic rings. The Labute approximate surface area is 302 Å². The first-order valence-corrected chi connectivity index (χ1v) is 18.0. The van der Waals surface area contributed by atoms with Gasteiger partial charge in [0.05, 0.1) is 24.9 Å². The van der Waals surface area contributed by atoms with Crippen molar-refractivity contribution in [1.29, 1.82) is 0 Å². The first kappa shape index (κ1) is 35.9. The number of carbonyl (C=O) groups is 2. The average Bonchev–Trinajstić information content (AvgIpc) is 3.17. The van der Waals surface area contributed by atoms with E-state index in [1.165, 1.54) is 6.92 Å². The van der Waals surface area contributed by atoms with Gasteiger partial charge in [-0.2, -0.15) is 0 Å². The van der Waals surface area contributed by atoms with Gasteiger partial charge in [0, 0.05) is 28.7 Å². The van der Waals surface area contributed by atoms with Crippen molar-refractivity contribution in [1.82, 2.24) is 10.6 Å². The van der Waals surface area contributed by atoms with E-state index in [2.05, 4.69) is 22.8 Å². The second kappa shape index (κ2) is 17.3. The second-order valence-corrected chi connectivity index (χ2v) is 13.7. The van der Waals surface area contributed by atoms with Crippen LogP contribution in [0.15, 0.2) is 138 Å². The molecule has 5 atom stereocenters. The summed E-state index contributed by atoms with van der Waals surface area (Å²) in [5, 5.41) is 25.2. The summed E-state index contributed by atoms with van der Waals surface area (Å²) in [6.45, 7) is 1.71. The number of hydrogen-bond donors (Lipinski definition) is 4. The standard InChI is InChI=1S/C42H42N2O6S/c1-28(46)37(24-29-8-4-2-5-9-29)44-42(48)43-25-30-12-18-34(19-13-30)41-49-38(27-51-36-22-20-35(47)21-23-36)39(32-10-6-3-7-11-32)40(50-41)33-16-14-31(26-45)15-17-33/h2-23,37-41,45,47H,24-27H2,1H3,(H2,43,44,48). The van der Waals surface area contributed by atoms with Crippen LogP contribution >= 0.6 is 11.8 Å². The van der Waals surface area contributed by atoms with E-state index in [-0.39, 0.29) is 42.8 Å². The molecule has 9 heteroatoms. The minimum atomic E-state index is -0.669. The van der Waals surface area contributed by atoms with E-state index in [9.17, 15) is 19.8 Å². The van der Waals surface area contributed by atoms with Crippen LogP contribution in [0.2, 0.25) is 0 Å². The first-order valence-electron chi connectivity index (χ1n) is 17.0. The fraction of sp³-hybridized carbons (Fsp3) is 0.238. The molecule has 8 nitrogen and oxygen atoms in total. The number of nitrogens with one attached hydrogen (secondary N) is 2. The molecule has 2 amide bonds. The Balaban J connectivity index is 1.19. The minimum Gasteiger partial charge on any atom is -0.508 e. The topological polar surface area (TPSA) is 117 Å². The molecule has 1 fully saturated rings. The van der Waals surface area contributed by atoms with Crippen LogP contribution in [-0.2, 0) is 33.8 Å². The van der Waals surface area contributed by atoms with E-state index >= 15 is 0 Å². The van der Waals surface area contributed by atoms with E-state index in [1.807, 2.05) is 109 Å². The number of benzene rings is 5. The van der Waals surface area contributed by atoms with Crippen LogP contribution in [0, 0.1) is 0 Å². The molecule has 0 saturated carbocycles. The Morgan fingerprint density at radius 1 is 0.725 bits per heavy atom. The number of aromatic hydroxyl groups is 1. The molecule has 1 heterocycles. The molecule has 1 saturated heterocycles. The van der Waals surface area contributed by atoms with Crippen LogP contribution < -0.4 is 10.6 Å². The third-order valence-corrected chi connectivity index (χ3v) is 10.1. The molecular weight excluding hydrogens is 661 g/mol. The lowest BCUT2D eigenvalue weighted by Gasteiger charge is -2.43. The maximum Gasteiger partial charge on any atom is 0.315 e. The summed E-state index contributed by atoms with van der Waals surface area (Å²) in [5.41, 5.74) is 5.59. The SMILES string of the molecule is CC(=O)C(Cc1ccccc1)NC(=O)NCc1ccc(C2OC(CSc3ccc(O)cc3)C(c3ccccc3)C(c3ccc(CO)cc3)O2)cc1.